The Morgan fingerprint density at radius 1 is 1.19 bits per heavy atom. The third kappa shape index (κ3) is 7.01. The lowest BCUT2D eigenvalue weighted by molar-refractivity contribution is 0.269. The molecule has 0 saturated carbocycles. The van der Waals surface area contributed by atoms with Crippen LogP contribution in [0.3, 0.4) is 0 Å². The van der Waals surface area contributed by atoms with E-state index < -0.39 is 0 Å². The number of thiocarbonyl (C=S) groups is 1. The predicted molar refractivity (Wildman–Crippen MR) is 118 cm³/mol. The summed E-state index contributed by atoms with van der Waals surface area (Å²) in [5.74, 6) is 1.29. The van der Waals surface area contributed by atoms with Crippen LogP contribution in [0, 0.1) is 0 Å². The summed E-state index contributed by atoms with van der Waals surface area (Å²) in [6.45, 7) is 5.56. The molecule has 0 fully saturated rings. The summed E-state index contributed by atoms with van der Waals surface area (Å²) >= 11 is 14.5. The van der Waals surface area contributed by atoms with Crippen LogP contribution in [0.4, 0.5) is 0 Å². The highest BCUT2D eigenvalue weighted by Gasteiger charge is 2.10. The Kier molecular flexibility index (Phi) is 8.84. The Balaban J connectivity index is 2.13. The van der Waals surface area contributed by atoms with E-state index in [2.05, 4.69) is 31.8 Å². The maximum atomic E-state index is 5.94. The van der Waals surface area contributed by atoms with Crippen LogP contribution < -0.4 is 20.2 Å². The van der Waals surface area contributed by atoms with E-state index in [1.165, 1.54) is 0 Å². The van der Waals surface area contributed by atoms with Crippen molar-refractivity contribution in [2.24, 2.45) is 5.10 Å². The van der Waals surface area contributed by atoms with Gasteiger partial charge in [0.2, 0.25) is 0 Å². The molecule has 2 rings (SSSR count). The monoisotopic (exact) mass is 469 g/mol. The first kappa shape index (κ1) is 21.5. The number of benzene rings is 2. The summed E-state index contributed by atoms with van der Waals surface area (Å²) in [5.41, 5.74) is 4.62. The Morgan fingerprint density at radius 2 is 1.89 bits per heavy atom. The van der Waals surface area contributed by atoms with Crippen LogP contribution in [0.2, 0.25) is 5.02 Å². The second-order valence-electron chi connectivity index (χ2n) is 5.40. The molecular formula is C19H21BrClN3O2S. The molecule has 0 bridgehead atoms. The fourth-order valence-corrected chi connectivity index (χ4v) is 2.88. The van der Waals surface area contributed by atoms with Crippen molar-refractivity contribution in [2.45, 2.75) is 20.5 Å². The number of nitrogens with one attached hydrogen (secondary N) is 2. The highest BCUT2D eigenvalue weighted by atomic mass is 79.9. The van der Waals surface area contributed by atoms with Gasteiger partial charge in [0.15, 0.2) is 16.6 Å². The highest BCUT2D eigenvalue weighted by Crippen LogP contribution is 2.33. The van der Waals surface area contributed by atoms with Gasteiger partial charge in [-0.25, -0.2) is 0 Å². The van der Waals surface area contributed by atoms with E-state index in [1.807, 2.05) is 50.2 Å². The molecule has 27 heavy (non-hydrogen) atoms. The Hall–Kier alpha value is -1.83. The molecule has 144 valence electrons. The van der Waals surface area contributed by atoms with E-state index in [4.69, 9.17) is 33.3 Å². The fraction of sp³-hybridized carbons (Fsp3) is 0.263. The summed E-state index contributed by atoms with van der Waals surface area (Å²) in [5, 5.41) is 8.27. The molecule has 0 unspecified atom stereocenters. The van der Waals surface area contributed by atoms with E-state index in [1.54, 1.807) is 6.21 Å². The summed E-state index contributed by atoms with van der Waals surface area (Å²) in [6, 6.07) is 11.3. The lowest BCUT2D eigenvalue weighted by Crippen LogP contribution is -2.31. The molecule has 0 aromatic heterocycles. The van der Waals surface area contributed by atoms with E-state index in [9.17, 15) is 0 Å². The maximum absolute atomic E-state index is 5.94. The average molecular weight is 471 g/mol. The molecule has 0 aliphatic carbocycles. The summed E-state index contributed by atoms with van der Waals surface area (Å²) in [4.78, 5) is 0. The van der Waals surface area contributed by atoms with Crippen molar-refractivity contribution >= 4 is 51.1 Å². The Morgan fingerprint density at radius 3 is 2.56 bits per heavy atom. The van der Waals surface area contributed by atoms with Crippen molar-refractivity contribution in [1.82, 2.24) is 10.7 Å². The molecule has 0 aliphatic heterocycles. The van der Waals surface area contributed by atoms with Gasteiger partial charge in [-0.3, -0.25) is 5.43 Å². The molecule has 0 radical (unpaired) electrons. The lowest BCUT2D eigenvalue weighted by atomic mass is 10.2. The molecule has 5 nitrogen and oxygen atoms in total. The van der Waals surface area contributed by atoms with Gasteiger partial charge in [0.1, 0.15) is 6.61 Å². The maximum Gasteiger partial charge on any atom is 0.186 e. The SMILES string of the molecule is CCNC(=S)N/N=C\c1cc(OCC)c(OCc2ccc(Cl)cc2)cc1Br. The Bertz CT molecular complexity index is 800. The average Bonchev–Trinajstić information content (AvgIpc) is 2.64. The number of nitrogens with zero attached hydrogens (tertiary/aromatic N) is 1. The summed E-state index contributed by atoms with van der Waals surface area (Å²) in [6.07, 6.45) is 1.67. The summed E-state index contributed by atoms with van der Waals surface area (Å²) in [7, 11) is 0. The molecule has 0 aliphatic rings. The minimum Gasteiger partial charge on any atom is -0.490 e. The Labute approximate surface area is 178 Å². The molecule has 0 saturated heterocycles. The van der Waals surface area contributed by atoms with E-state index in [0.717, 1.165) is 22.1 Å². The van der Waals surface area contributed by atoms with Crippen LogP contribution in [-0.2, 0) is 6.61 Å². The van der Waals surface area contributed by atoms with Crippen molar-refractivity contribution in [2.75, 3.05) is 13.2 Å². The van der Waals surface area contributed by atoms with E-state index in [-0.39, 0.29) is 0 Å². The molecule has 0 heterocycles. The van der Waals surface area contributed by atoms with Crippen molar-refractivity contribution in [3.05, 3.63) is 57.0 Å². The van der Waals surface area contributed by atoms with Gasteiger partial charge in [-0.05, 0) is 71.8 Å². The summed E-state index contributed by atoms with van der Waals surface area (Å²) < 4.78 is 12.5. The van der Waals surface area contributed by atoms with Crippen LogP contribution in [0.25, 0.3) is 0 Å². The number of hydrogen-bond donors (Lipinski definition) is 2. The van der Waals surface area contributed by atoms with Crippen LogP contribution in [0.5, 0.6) is 11.5 Å². The number of hydrazone groups is 1. The molecule has 0 amide bonds. The van der Waals surface area contributed by atoms with Crippen LogP contribution >= 0.6 is 39.7 Å². The zero-order chi connectivity index (χ0) is 19.6. The van der Waals surface area contributed by atoms with Crippen LogP contribution in [0.1, 0.15) is 25.0 Å². The van der Waals surface area contributed by atoms with Gasteiger partial charge in [-0.2, -0.15) is 5.10 Å². The molecule has 0 spiro atoms. The third-order valence-corrected chi connectivity index (χ3v) is 4.55. The highest BCUT2D eigenvalue weighted by molar-refractivity contribution is 9.10. The van der Waals surface area contributed by atoms with Gasteiger partial charge in [0.25, 0.3) is 0 Å². The number of rotatable bonds is 8. The second kappa shape index (κ2) is 11.1. The molecular weight excluding hydrogens is 450 g/mol. The van der Waals surface area contributed by atoms with Gasteiger partial charge >= 0.3 is 0 Å². The lowest BCUT2D eigenvalue weighted by Gasteiger charge is -2.14. The predicted octanol–water partition coefficient (Wildman–Crippen LogP) is 4.90. The minimum atomic E-state index is 0.412. The van der Waals surface area contributed by atoms with E-state index >= 15 is 0 Å². The molecule has 0 atom stereocenters. The number of halogens is 2. The van der Waals surface area contributed by atoms with Crippen LogP contribution in [0.15, 0.2) is 46.0 Å². The van der Waals surface area contributed by atoms with Gasteiger partial charge in [0, 0.05) is 21.6 Å². The quantitative estimate of drug-likeness (QED) is 0.326. The van der Waals surface area contributed by atoms with Gasteiger partial charge in [0.05, 0.1) is 12.8 Å². The number of ether oxygens (including phenoxy) is 2. The molecule has 2 N–H and O–H groups in total. The van der Waals surface area contributed by atoms with Crippen molar-refractivity contribution in [3.63, 3.8) is 0 Å². The van der Waals surface area contributed by atoms with Gasteiger partial charge in [-0.15, -0.1) is 0 Å². The first-order chi connectivity index (χ1) is 13.0. The van der Waals surface area contributed by atoms with Crippen LogP contribution in [-0.4, -0.2) is 24.5 Å². The third-order valence-electron chi connectivity index (χ3n) is 3.38. The smallest absolute Gasteiger partial charge is 0.186 e. The number of hydrogen-bond acceptors (Lipinski definition) is 4. The normalized spacial score (nSPS) is 10.7. The zero-order valence-corrected chi connectivity index (χ0v) is 18.2. The molecule has 2 aromatic rings. The minimum absolute atomic E-state index is 0.412. The fourth-order valence-electron chi connectivity index (χ4n) is 2.13. The largest absolute Gasteiger partial charge is 0.490 e. The van der Waals surface area contributed by atoms with Gasteiger partial charge < -0.3 is 14.8 Å². The standard InChI is InChI=1S/C19H21BrClN3O2S/c1-3-22-19(27)24-23-11-14-9-17(25-4-2)18(10-16(14)20)26-12-13-5-7-15(21)8-6-13/h5-11H,3-4,12H2,1-2H3,(H2,22,24,27)/b23-11-. The zero-order valence-electron chi connectivity index (χ0n) is 15.1. The van der Waals surface area contributed by atoms with Crippen molar-refractivity contribution in [3.8, 4) is 11.5 Å². The van der Waals surface area contributed by atoms with E-state index in [0.29, 0.717) is 34.8 Å². The van der Waals surface area contributed by atoms with Crippen molar-refractivity contribution < 1.29 is 9.47 Å². The topological polar surface area (TPSA) is 54.9 Å². The first-order valence-corrected chi connectivity index (χ1v) is 10.0. The first-order valence-electron chi connectivity index (χ1n) is 8.44. The molecule has 8 heteroatoms. The molecule has 2 aromatic carbocycles. The van der Waals surface area contributed by atoms with Crippen molar-refractivity contribution in [1.29, 1.82) is 0 Å². The second-order valence-corrected chi connectivity index (χ2v) is 7.10. The van der Waals surface area contributed by atoms with Gasteiger partial charge in [-0.1, -0.05) is 23.7 Å².